The molecule has 0 saturated heterocycles. The minimum atomic E-state index is -0.473. The van der Waals surface area contributed by atoms with E-state index in [0.717, 1.165) is 27.9 Å². The molecule has 4 rings (SSSR count). The molecule has 0 amide bonds. The van der Waals surface area contributed by atoms with Crippen molar-refractivity contribution >= 4 is 17.0 Å². The van der Waals surface area contributed by atoms with Crippen LogP contribution in [-0.4, -0.2) is 20.3 Å². The topological polar surface area (TPSA) is 66.1 Å². The lowest BCUT2D eigenvalue weighted by atomic mass is 10.1. The summed E-state index contributed by atoms with van der Waals surface area (Å²) in [5, 5.41) is 5.49. The molecule has 0 unspecified atom stereocenters. The number of rotatable bonds is 5. The number of aromatic nitrogens is 3. The molecule has 6 nitrogen and oxygen atoms in total. The maximum absolute atomic E-state index is 12.8. The monoisotopic (exact) mass is 387 g/mol. The number of carbonyl (C=O) groups excluding carboxylic acids is 1. The van der Waals surface area contributed by atoms with Crippen LogP contribution in [0.25, 0.3) is 16.7 Å². The molecule has 0 aliphatic carbocycles. The van der Waals surface area contributed by atoms with Gasteiger partial charge < -0.3 is 4.74 Å². The third-order valence-corrected chi connectivity index (χ3v) is 4.82. The molecule has 0 atom stereocenters. The third-order valence-electron chi connectivity index (χ3n) is 4.82. The van der Waals surface area contributed by atoms with Crippen LogP contribution in [0.15, 0.2) is 71.5 Å². The van der Waals surface area contributed by atoms with Crippen LogP contribution in [0.2, 0.25) is 0 Å². The first-order valence-corrected chi connectivity index (χ1v) is 9.39. The van der Waals surface area contributed by atoms with Gasteiger partial charge in [-0.1, -0.05) is 48.5 Å². The lowest BCUT2D eigenvalue weighted by Gasteiger charge is -2.12. The molecule has 0 saturated carbocycles. The SMILES string of the molecule is Cc1cc(=O)n(CC(=O)OCc2ccccc2)c2c1c(C)nn2-c1ccccc1. The van der Waals surface area contributed by atoms with E-state index in [1.54, 1.807) is 4.68 Å². The highest BCUT2D eigenvalue weighted by Crippen LogP contribution is 2.23. The van der Waals surface area contributed by atoms with Gasteiger partial charge in [0, 0.05) is 11.5 Å². The Bertz CT molecular complexity index is 1230. The van der Waals surface area contributed by atoms with Gasteiger partial charge in [0.2, 0.25) is 0 Å². The first kappa shape index (κ1) is 18.7. The second-order valence-corrected chi connectivity index (χ2v) is 6.93. The first-order chi connectivity index (χ1) is 14.0. The number of hydrogen-bond acceptors (Lipinski definition) is 4. The highest BCUT2D eigenvalue weighted by molar-refractivity contribution is 5.84. The Morgan fingerprint density at radius 3 is 2.34 bits per heavy atom. The summed E-state index contributed by atoms with van der Waals surface area (Å²) in [4.78, 5) is 25.3. The van der Waals surface area contributed by atoms with E-state index in [1.165, 1.54) is 10.6 Å². The molecule has 146 valence electrons. The second-order valence-electron chi connectivity index (χ2n) is 6.93. The normalized spacial score (nSPS) is 11.0. The summed E-state index contributed by atoms with van der Waals surface area (Å²) in [6, 6.07) is 20.5. The molecule has 0 radical (unpaired) electrons. The summed E-state index contributed by atoms with van der Waals surface area (Å²) in [7, 11) is 0. The fraction of sp³-hybridized carbons (Fsp3) is 0.174. The summed E-state index contributed by atoms with van der Waals surface area (Å²) in [6.07, 6.45) is 0. The molecule has 2 heterocycles. The van der Waals surface area contributed by atoms with Crippen molar-refractivity contribution in [2.45, 2.75) is 27.0 Å². The van der Waals surface area contributed by atoms with Crippen molar-refractivity contribution in [2.75, 3.05) is 0 Å². The Labute approximate surface area is 168 Å². The number of esters is 1. The van der Waals surface area contributed by atoms with Crippen LogP contribution >= 0.6 is 0 Å². The van der Waals surface area contributed by atoms with Crippen LogP contribution in [0.1, 0.15) is 16.8 Å². The van der Waals surface area contributed by atoms with Crippen LogP contribution < -0.4 is 5.56 Å². The molecule has 0 spiro atoms. The Morgan fingerprint density at radius 1 is 1.00 bits per heavy atom. The van der Waals surface area contributed by atoms with Crippen molar-refractivity contribution in [3.8, 4) is 5.69 Å². The van der Waals surface area contributed by atoms with Gasteiger partial charge >= 0.3 is 5.97 Å². The van der Waals surface area contributed by atoms with Gasteiger partial charge in [-0.3, -0.25) is 14.2 Å². The Morgan fingerprint density at radius 2 is 1.66 bits per heavy atom. The van der Waals surface area contributed by atoms with Gasteiger partial charge in [0.15, 0.2) is 0 Å². The van der Waals surface area contributed by atoms with Gasteiger partial charge in [0.25, 0.3) is 5.56 Å². The average Bonchev–Trinajstić information content (AvgIpc) is 3.08. The van der Waals surface area contributed by atoms with Crippen molar-refractivity contribution < 1.29 is 9.53 Å². The number of nitrogens with zero attached hydrogens (tertiary/aromatic N) is 3. The van der Waals surface area contributed by atoms with Crippen LogP contribution in [0.4, 0.5) is 0 Å². The Balaban J connectivity index is 1.74. The number of hydrogen-bond donors (Lipinski definition) is 0. The summed E-state index contributed by atoms with van der Waals surface area (Å²) < 4.78 is 8.54. The molecule has 0 N–H and O–H groups in total. The predicted molar refractivity (Wildman–Crippen MR) is 111 cm³/mol. The number of carbonyl (C=O) groups is 1. The number of ether oxygens (including phenoxy) is 1. The molecule has 0 aliphatic rings. The zero-order valence-electron chi connectivity index (χ0n) is 16.3. The molecule has 4 aromatic rings. The van der Waals surface area contributed by atoms with Crippen molar-refractivity contribution in [2.24, 2.45) is 0 Å². The molecular formula is C23H21N3O3. The summed E-state index contributed by atoms with van der Waals surface area (Å²) >= 11 is 0. The number of fused-ring (bicyclic) bond motifs is 1. The van der Waals surface area contributed by atoms with Crippen LogP contribution in [-0.2, 0) is 22.7 Å². The van der Waals surface area contributed by atoms with E-state index in [0.29, 0.717) is 5.65 Å². The second kappa shape index (κ2) is 7.75. The zero-order chi connectivity index (χ0) is 20.4. The summed E-state index contributed by atoms with van der Waals surface area (Å²) in [5.41, 5.74) is 3.68. The largest absolute Gasteiger partial charge is 0.459 e. The highest BCUT2D eigenvalue weighted by atomic mass is 16.5. The number of pyridine rings is 1. The molecule has 0 fully saturated rings. The summed E-state index contributed by atoms with van der Waals surface area (Å²) in [6.45, 7) is 3.77. The minimum absolute atomic E-state index is 0.167. The van der Waals surface area contributed by atoms with Crippen LogP contribution in [0.3, 0.4) is 0 Å². The lowest BCUT2D eigenvalue weighted by Crippen LogP contribution is -2.26. The third kappa shape index (κ3) is 3.69. The Kier molecular flexibility index (Phi) is 4.99. The summed E-state index contributed by atoms with van der Waals surface area (Å²) in [5.74, 6) is -0.473. The van der Waals surface area contributed by atoms with Crippen LogP contribution in [0, 0.1) is 13.8 Å². The number of aryl methyl sites for hydroxylation is 2. The van der Waals surface area contributed by atoms with Gasteiger partial charge in [-0.15, -0.1) is 0 Å². The molecular weight excluding hydrogens is 366 g/mol. The van der Waals surface area contributed by atoms with E-state index in [-0.39, 0.29) is 18.7 Å². The highest BCUT2D eigenvalue weighted by Gasteiger charge is 2.19. The maximum Gasteiger partial charge on any atom is 0.326 e. The van der Waals surface area contributed by atoms with Crippen molar-refractivity contribution in [1.82, 2.24) is 14.3 Å². The smallest absolute Gasteiger partial charge is 0.326 e. The number of para-hydroxylation sites is 1. The first-order valence-electron chi connectivity index (χ1n) is 9.39. The van der Waals surface area contributed by atoms with Gasteiger partial charge in [-0.2, -0.15) is 5.10 Å². The van der Waals surface area contributed by atoms with E-state index in [2.05, 4.69) is 5.10 Å². The average molecular weight is 387 g/mol. The molecule has 6 heteroatoms. The molecule has 29 heavy (non-hydrogen) atoms. The zero-order valence-corrected chi connectivity index (χ0v) is 16.3. The standard InChI is InChI=1S/C23H21N3O3/c1-16-13-20(27)25(14-21(28)29-15-18-9-5-3-6-10-18)23-22(16)17(2)24-26(23)19-11-7-4-8-12-19/h3-13H,14-15H2,1-2H3. The van der Waals surface area contributed by atoms with Crippen molar-refractivity contribution in [3.05, 3.63) is 93.9 Å². The van der Waals surface area contributed by atoms with Crippen LogP contribution in [0.5, 0.6) is 0 Å². The number of benzene rings is 2. The van der Waals surface area contributed by atoms with E-state index in [1.807, 2.05) is 74.5 Å². The quantitative estimate of drug-likeness (QED) is 0.491. The van der Waals surface area contributed by atoms with Crippen molar-refractivity contribution in [3.63, 3.8) is 0 Å². The van der Waals surface area contributed by atoms with E-state index in [9.17, 15) is 9.59 Å². The Hall–Kier alpha value is -3.67. The van der Waals surface area contributed by atoms with E-state index >= 15 is 0 Å². The fourth-order valence-corrected chi connectivity index (χ4v) is 3.48. The van der Waals surface area contributed by atoms with Gasteiger partial charge in [-0.05, 0) is 37.1 Å². The molecule has 2 aromatic heterocycles. The minimum Gasteiger partial charge on any atom is -0.459 e. The van der Waals surface area contributed by atoms with E-state index in [4.69, 9.17) is 4.74 Å². The van der Waals surface area contributed by atoms with Crippen molar-refractivity contribution in [1.29, 1.82) is 0 Å². The predicted octanol–water partition coefficient (Wildman–Crippen LogP) is 3.55. The van der Waals surface area contributed by atoms with Gasteiger partial charge in [0.05, 0.1) is 11.4 Å². The molecule has 2 aromatic carbocycles. The lowest BCUT2D eigenvalue weighted by molar-refractivity contribution is -0.145. The van der Waals surface area contributed by atoms with Gasteiger partial charge in [0.1, 0.15) is 18.8 Å². The van der Waals surface area contributed by atoms with E-state index < -0.39 is 5.97 Å². The molecule has 0 aliphatic heterocycles. The maximum atomic E-state index is 12.8. The van der Waals surface area contributed by atoms with Gasteiger partial charge in [-0.25, -0.2) is 4.68 Å². The fourth-order valence-electron chi connectivity index (χ4n) is 3.48. The molecule has 0 bridgehead atoms.